The maximum atomic E-state index is 13.0. The molecule has 0 radical (unpaired) electrons. The van der Waals surface area contributed by atoms with Gasteiger partial charge in [-0.2, -0.15) is 0 Å². The van der Waals surface area contributed by atoms with Crippen LogP contribution in [0.4, 0.5) is 0 Å². The van der Waals surface area contributed by atoms with Crippen LogP contribution in [0.3, 0.4) is 0 Å². The monoisotopic (exact) mass is 369 g/mol. The molecule has 1 N–H and O–H groups in total. The summed E-state index contributed by atoms with van der Waals surface area (Å²) < 4.78 is 10.8. The number of aryl methyl sites for hydroxylation is 1. The SMILES string of the molecule is CCOc1cc(C(=O)N(C)C2CCc3ccccc32)ccc1OCC(=O)O. The molecule has 2 aromatic rings. The summed E-state index contributed by atoms with van der Waals surface area (Å²) >= 11 is 0. The van der Waals surface area contributed by atoms with Crippen molar-refractivity contribution in [2.24, 2.45) is 0 Å². The largest absolute Gasteiger partial charge is 0.490 e. The van der Waals surface area contributed by atoms with Gasteiger partial charge in [-0.1, -0.05) is 24.3 Å². The summed E-state index contributed by atoms with van der Waals surface area (Å²) in [6.07, 6.45) is 1.87. The Hall–Kier alpha value is -3.02. The molecule has 6 nitrogen and oxygen atoms in total. The van der Waals surface area contributed by atoms with Crippen LogP contribution in [0.15, 0.2) is 42.5 Å². The van der Waals surface area contributed by atoms with Crippen molar-refractivity contribution in [1.82, 2.24) is 4.90 Å². The molecule has 0 fully saturated rings. The fourth-order valence-electron chi connectivity index (χ4n) is 3.45. The number of hydrogen-bond donors (Lipinski definition) is 1. The van der Waals surface area contributed by atoms with Crippen molar-refractivity contribution in [3.63, 3.8) is 0 Å². The molecule has 1 aliphatic rings. The van der Waals surface area contributed by atoms with Crippen molar-refractivity contribution in [3.8, 4) is 11.5 Å². The third-order valence-electron chi connectivity index (χ3n) is 4.73. The minimum atomic E-state index is -1.07. The predicted octanol–water partition coefficient (Wildman–Crippen LogP) is 3.31. The van der Waals surface area contributed by atoms with Crippen molar-refractivity contribution in [2.75, 3.05) is 20.3 Å². The van der Waals surface area contributed by atoms with Crippen LogP contribution in [-0.4, -0.2) is 42.1 Å². The molecule has 142 valence electrons. The molecule has 0 aromatic heterocycles. The van der Waals surface area contributed by atoms with Crippen molar-refractivity contribution in [2.45, 2.75) is 25.8 Å². The van der Waals surface area contributed by atoms with Gasteiger partial charge in [-0.05, 0) is 49.1 Å². The van der Waals surface area contributed by atoms with Gasteiger partial charge in [-0.3, -0.25) is 4.79 Å². The highest BCUT2D eigenvalue weighted by molar-refractivity contribution is 5.95. The minimum absolute atomic E-state index is 0.0483. The number of benzene rings is 2. The van der Waals surface area contributed by atoms with E-state index in [-0.39, 0.29) is 11.9 Å². The lowest BCUT2D eigenvalue weighted by Crippen LogP contribution is -2.30. The molecular weight excluding hydrogens is 346 g/mol. The summed E-state index contributed by atoms with van der Waals surface area (Å²) in [5.74, 6) is -0.505. The van der Waals surface area contributed by atoms with Crippen LogP contribution in [0.25, 0.3) is 0 Å². The van der Waals surface area contributed by atoms with Gasteiger partial charge in [0.15, 0.2) is 18.1 Å². The maximum Gasteiger partial charge on any atom is 0.341 e. The first-order valence-electron chi connectivity index (χ1n) is 8.97. The molecule has 2 aromatic carbocycles. The van der Waals surface area contributed by atoms with Crippen LogP contribution in [0.2, 0.25) is 0 Å². The van der Waals surface area contributed by atoms with E-state index in [9.17, 15) is 9.59 Å². The van der Waals surface area contributed by atoms with Crippen molar-refractivity contribution in [1.29, 1.82) is 0 Å². The first-order chi connectivity index (χ1) is 13.0. The smallest absolute Gasteiger partial charge is 0.341 e. The molecule has 0 heterocycles. The van der Waals surface area contributed by atoms with Gasteiger partial charge in [0.05, 0.1) is 12.6 Å². The maximum absolute atomic E-state index is 13.0. The number of nitrogens with zero attached hydrogens (tertiary/aromatic N) is 1. The second-order valence-corrected chi connectivity index (χ2v) is 6.45. The third-order valence-corrected chi connectivity index (χ3v) is 4.73. The van der Waals surface area contributed by atoms with Crippen LogP contribution in [0, 0.1) is 0 Å². The van der Waals surface area contributed by atoms with Gasteiger partial charge >= 0.3 is 5.97 Å². The number of carboxylic acids is 1. The number of ether oxygens (including phenoxy) is 2. The quantitative estimate of drug-likeness (QED) is 0.810. The molecule has 0 saturated carbocycles. The van der Waals surface area contributed by atoms with Gasteiger partial charge in [0.25, 0.3) is 5.91 Å². The van der Waals surface area contributed by atoms with E-state index in [1.165, 1.54) is 11.1 Å². The Bertz CT molecular complexity index is 848. The van der Waals surface area contributed by atoms with Crippen LogP contribution in [-0.2, 0) is 11.2 Å². The van der Waals surface area contributed by atoms with Crippen molar-refractivity contribution < 1.29 is 24.2 Å². The molecule has 0 aliphatic heterocycles. The van der Waals surface area contributed by atoms with E-state index in [4.69, 9.17) is 14.6 Å². The third kappa shape index (κ3) is 4.05. The molecule has 0 bridgehead atoms. The number of carboxylic acid groups (broad SMARTS) is 1. The number of fused-ring (bicyclic) bond motifs is 1. The molecule has 27 heavy (non-hydrogen) atoms. The number of amides is 1. The Kier molecular flexibility index (Phi) is 5.64. The molecule has 1 atom stereocenters. The molecule has 1 aliphatic carbocycles. The average molecular weight is 369 g/mol. The zero-order valence-corrected chi connectivity index (χ0v) is 15.5. The zero-order chi connectivity index (χ0) is 19.4. The second kappa shape index (κ2) is 8.12. The van der Waals surface area contributed by atoms with Crippen LogP contribution >= 0.6 is 0 Å². The van der Waals surface area contributed by atoms with E-state index < -0.39 is 12.6 Å². The van der Waals surface area contributed by atoms with Gasteiger partial charge < -0.3 is 19.5 Å². The molecule has 3 rings (SSSR count). The van der Waals surface area contributed by atoms with E-state index in [0.717, 1.165) is 12.8 Å². The molecule has 1 unspecified atom stereocenters. The van der Waals surface area contributed by atoms with Crippen LogP contribution in [0.5, 0.6) is 11.5 Å². The Labute approximate surface area is 158 Å². The average Bonchev–Trinajstić information content (AvgIpc) is 3.10. The number of rotatable bonds is 7. The lowest BCUT2D eigenvalue weighted by Gasteiger charge is -2.26. The van der Waals surface area contributed by atoms with Crippen molar-refractivity contribution >= 4 is 11.9 Å². The molecular formula is C21H23NO5. The number of aliphatic carboxylic acids is 1. The molecule has 1 amide bonds. The lowest BCUT2D eigenvalue weighted by atomic mass is 10.1. The van der Waals surface area contributed by atoms with Crippen LogP contribution in [0.1, 0.15) is 40.9 Å². The Morgan fingerprint density at radius 3 is 2.67 bits per heavy atom. The molecule has 0 spiro atoms. The first-order valence-corrected chi connectivity index (χ1v) is 8.97. The normalized spacial score (nSPS) is 15.1. The predicted molar refractivity (Wildman–Crippen MR) is 100 cm³/mol. The van der Waals surface area contributed by atoms with Gasteiger partial charge in [0.2, 0.25) is 0 Å². The molecule has 6 heteroatoms. The highest BCUT2D eigenvalue weighted by Gasteiger charge is 2.29. The first kappa shape index (κ1) is 18.8. The summed E-state index contributed by atoms with van der Waals surface area (Å²) in [7, 11) is 1.81. The number of carbonyl (C=O) groups excluding carboxylic acids is 1. The van der Waals surface area contributed by atoms with Gasteiger partial charge in [0, 0.05) is 12.6 Å². The van der Waals surface area contributed by atoms with Crippen LogP contribution < -0.4 is 9.47 Å². The van der Waals surface area contributed by atoms with E-state index >= 15 is 0 Å². The summed E-state index contributed by atoms with van der Waals surface area (Å²) in [4.78, 5) is 25.5. The summed E-state index contributed by atoms with van der Waals surface area (Å²) in [6.45, 7) is 1.73. The Morgan fingerprint density at radius 1 is 1.15 bits per heavy atom. The highest BCUT2D eigenvalue weighted by atomic mass is 16.5. The van der Waals surface area contributed by atoms with Gasteiger partial charge in [-0.15, -0.1) is 0 Å². The summed E-state index contributed by atoms with van der Waals surface area (Å²) in [5.41, 5.74) is 2.96. The van der Waals surface area contributed by atoms with E-state index in [0.29, 0.717) is 23.7 Å². The van der Waals surface area contributed by atoms with Gasteiger partial charge in [-0.25, -0.2) is 4.79 Å². The van der Waals surface area contributed by atoms with E-state index in [1.54, 1.807) is 23.1 Å². The topological polar surface area (TPSA) is 76.1 Å². The highest BCUT2D eigenvalue weighted by Crippen LogP contribution is 2.36. The minimum Gasteiger partial charge on any atom is -0.490 e. The second-order valence-electron chi connectivity index (χ2n) is 6.45. The van der Waals surface area contributed by atoms with Crippen molar-refractivity contribution in [3.05, 3.63) is 59.2 Å². The van der Waals surface area contributed by atoms with Gasteiger partial charge in [0.1, 0.15) is 0 Å². The van der Waals surface area contributed by atoms with E-state index in [2.05, 4.69) is 12.1 Å². The number of hydrogen-bond acceptors (Lipinski definition) is 4. The lowest BCUT2D eigenvalue weighted by molar-refractivity contribution is -0.139. The summed E-state index contributed by atoms with van der Waals surface area (Å²) in [5, 5.41) is 8.79. The Balaban J connectivity index is 1.81. The standard InChI is InChI=1S/C21H23NO5/c1-3-26-19-12-15(9-11-18(19)27-13-20(23)24)21(25)22(2)17-10-8-14-6-4-5-7-16(14)17/h4-7,9,11-12,17H,3,8,10,13H2,1-2H3,(H,23,24). The van der Waals surface area contributed by atoms with E-state index in [1.807, 2.05) is 26.1 Å². The summed E-state index contributed by atoms with van der Waals surface area (Å²) in [6, 6.07) is 13.1. The Morgan fingerprint density at radius 2 is 1.93 bits per heavy atom. The zero-order valence-electron chi connectivity index (χ0n) is 15.5. The number of carbonyl (C=O) groups is 2. The fourth-order valence-corrected chi connectivity index (χ4v) is 3.45. The fraction of sp³-hybridized carbons (Fsp3) is 0.333. The molecule has 0 saturated heterocycles.